The maximum Gasteiger partial charge on any atom is 0.339 e. The van der Waals surface area contributed by atoms with Crippen LogP contribution in [0.4, 0.5) is 10.5 Å². The van der Waals surface area contributed by atoms with Gasteiger partial charge in [0.25, 0.3) is 15.9 Å². The molecule has 1 N–H and O–H groups in total. The van der Waals surface area contributed by atoms with Crippen LogP contribution in [-0.4, -0.2) is 68.7 Å². The van der Waals surface area contributed by atoms with Gasteiger partial charge < -0.3 is 10.1 Å². The van der Waals surface area contributed by atoms with Crippen molar-refractivity contribution in [2.24, 2.45) is 0 Å². The van der Waals surface area contributed by atoms with E-state index in [1.54, 1.807) is 24.3 Å². The second-order valence-electron chi connectivity index (χ2n) is 9.19. The van der Waals surface area contributed by atoms with Crippen LogP contribution in [0.25, 0.3) is 0 Å². The molecule has 0 radical (unpaired) electrons. The summed E-state index contributed by atoms with van der Waals surface area (Å²) in [6.45, 7) is 1.45. The molecule has 39 heavy (non-hydrogen) atoms. The summed E-state index contributed by atoms with van der Waals surface area (Å²) in [6, 6.07) is 20.6. The van der Waals surface area contributed by atoms with Crippen LogP contribution in [-0.2, 0) is 28.1 Å². The van der Waals surface area contributed by atoms with Gasteiger partial charge in [0.15, 0.2) is 0 Å². The highest BCUT2D eigenvalue weighted by Gasteiger charge is 2.42. The summed E-state index contributed by atoms with van der Waals surface area (Å²) in [4.78, 5) is 32.9. The van der Waals surface area contributed by atoms with Crippen molar-refractivity contribution in [1.29, 1.82) is 0 Å². The zero-order valence-electron chi connectivity index (χ0n) is 21.6. The number of benzene rings is 3. The van der Waals surface area contributed by atoms with E-state index < -0.39 is 22.0 Å². The van der Waals surface area contributed by atoms with E-state index in [1.807, 2.05) is 42.5 Å². The van der Waals surface area contributed by atoms with E-state index >= 15 is 0 Å². The SMILES string of the molecule is COc1ccc(CNC(=O)c2ccc3c(c2)S(=O)(=O)N(CN2CCN(Cc4ccccc4)O2)C(=O)N3C)cc1. The van der Waals surface area contributed by atoms with Crippen LogP contribution in [0.15, 0.2) is 77.7 Å². The lowest BCUT2D eigenvalue weighted by Crippen LogP contribution is -2.52. The third kappa shape index (κ3) is 5.59. The monoisotopic (exact) mass is 551 g/mol. The molecule has 0 saturated carbocycles. The molecule has 1 fully saturated rings. The van der Waals surface area contributed by atoms with E-state index in [9.17, 15) is 18.0 Å². The van der Waals surface area contributed by atoms with Crippen molar-refractivity contribution in [3.05, 3.63) is 89.5 Å². The van der Waals surface area contributed by atoms with Crippen LogP contribution in [0.2, 0.25) is 0 Å². The molecule has 0 aliphatic carbocycles. The molecule has 0 aromatic heterocycles. The first-order valence-electron chi connectivity index (χ1n) is 12.3. The van der Waals surface area contributed by atoms with E-state index in [2.05, 4.69) is 5.32 Å². The topological polar surface area (TPSA) is 112 Å². The Bertz CT molecular complexity index is 1470. The van der Waals surface area contributed by atoms with E-state index in [0.717, 1.165) is 15.4 Å². The van der Waals surface area contributed by atoms with Crippen molar-refractivity contribution in [2.45, 2.75) is 18.0 Å². The first-order chi connectivity index (χ1) is 18.8. The Labute approximate surface area is 227 Å². The molecule has 0 unspecified atom stereocenters. The average molecular weight is 552 g/mol. The van der Waals surface area contributed by atoms with Gasteiger partial charge in [0.2, 0.25) is 0 Å². The number of nitrogens with zero attached hydrogens (tertiary/aromatic N) is 4. The molecule has 12 heteroatoms. The lowest BCUT2D eigenvalue weighted by molar-refractivity contribution is -0.279. The Morgan fingerprint density at radius 1 is 0.974 bits per heavy atom. The van der Waals surface area contributed by atoms with Gasteiger partial charge in [-0.1, -0.05) is 42.5 Å². The molecule has 204 valence electrons. The fourth-order valence-electron chi connectivity index (χ4n) is 4.40. The number of ether oxygens (including phenoxy) is 1. The predicted octanol–water partition coefficient (Wildman–Crippen LogP) is 2.81. The molecule has 2 aliphatic heterocycles. The van der Waals surface area contributed by atoms with Gasteiger partial charge in [0, 0.05) is 32.2 Å². The zero-order chi connectivity index (χ0) is 27.6. The molecule has 0 atom stereocenters. The first-order valence-corrected chi connectivity index (χ1v) is 13.8. The van der Waals surface area contributed by atoms with Crippen molar-refractivity contribution in [1.82, 2.24) is 19.7 Å². The Hall–Kier alpha value is -3.97. The third-order valence-electron chi connectivity index (χ3n) is 6.58. The average Bonchev–Trinajstić information content (AvgIpc) is 3.40. The van der Waals surface area contributed by atoms with Crippen molar-refractivity contribution < 1.29 is 27.7 Å². The van der Waals surface area contributed by atoms with Gasteiger partial charge in [0.05, 0.1) is 19.3 Å². The minimum absolute atomic E-state index is 0.123. The van der Waals surface area contributed by atoms with Crippen molar-refractivity contribution in [3.8, 4) is 5.75 Å². The van der Waals surface area contributed by atoms with E-state index in [1.165, 1.54) is 35.2 Å². The Balaban J connectivity index is 1.29. The van der Waals surface area contributed by atoms with E-state index in [4.69, 9.17) is 9.68 Å². The Kier molecular flexibility index (Phi) is 7.53. The van der Waals surface area contributed by atoms with Crippen LogP contribution in [0.1, 0.15) is 21.5 Å². The number of nitrogens with one attached hydrogen (secondary N) is 1. The summed E-state index contributed by atoms with van der Waals surface area (Å²) in [6.07, 6.45) is 0. The number of anilines is 1. The fourth-order valence-corrected chi connectivity index (χ4v) is 5.99. The summed E-state index contributed by atoms with van der Waals surface area (Å²) < 4.78 is 33.1. The Morgan fingerprint density at radius 2 is 1.69 bits per heavy atom. The molecule has 2 aliphatic rings. The van der Waals surface area contributed by atoms with Crippen molar-refractivity contribution in [2.75, 3.05) is 38.8 Å². The number of urea groups is 1. The molecule has 0 spiro atoms. The highest BCUT2D eigenvalue weighted by Crippen LogP contribution is 2.34. The normalized spacial score (nSPS) is 17.2. The molecule has 3 aromatic carbocycles. The molecule has 0 bridgehead atoms. The van der Waals surface area contributed by atoms with Crippen LogP contribution in [0.3, 0.4) is 0 Å². The maximum atomic E-state index is 13.6. The minimum Gasteiger partial charge on any atom is -0.497 e. The second kappa shape index (κ2) is 11.0. The number of carbonyl (C=O) groups excluding carboxylic acids is 2. The second-order valence-corrected chi connectivity index (χ2v) is 11.0. The lowest BCUT2D eigenvalue weighted by Gasteiger charge is -2.35. The van der Waals surface area contributed by atoms with Crippen LogP contribution in [0.5, 0.6) is 5.75 Å². The predicted molar refractivity (Wildman–Crippen MR) is 143 cm³/mol. The summed E-state index contributed by atoms with van der Waals surface area (Å²) in [7, 11) is -1.18. The summed E-state index contributed by atoms with van der Waals surface area (Å²) in [5.41, 5.74) is 2.28. The highest BCUT2D eigenvalue weighted by atomic mass is 32.2. The minimum atomic E-state index is -4.25. The molecule has 11 nitrogen and oxygen atoms in total. The fraction of sp³-hybridized carbons (Fsp3) is 0.259. The molecule has 5 rings (SSSR count). The Morgan fingerprint density at radius 3 is 2.41 bits per heavy atom. The largest absolute Gasteiger partial charge is 0.497 e. The number of carbonyl (C=O) groups is 2. The maximum absolute atomic E-state index is 13.6. The van der Waals surface area contributed by atoms with Crippen LogP contribution in [0, 0.1) is 0 Å². The molecular formula is C27H29N5O6S. The quantitative estimate of drug-likeness (QED) is 0.455. The number of sulfonamides is 1. The number of amides is 3. The molecule has 3 aromatic rings. The van der Waals surface area contributed by atoms with Gasteiger partial charge in [0.1, 0.15) is 17.3 Å². The molecule has 1 saturated heterocycles. The summed E-state index contributed by atoms with van der Waals surface area (Å²) >= 11 is 0. The van der Waals surface area contributed by atoms with Crippen molar-refractivity contribution in [3.63, 3.8) is 0 Å². The molecule has 2 heterocycles. The number of rotatable bonds is 8. The number of fused-ring (bicyclic) bond motifs is 1. The van der Waals surface area contributed by atoms with Crippen LogP contribution < -0.4 is 15.0 Å². The number of hydroxylamine groups is 4. The van der Waals surface area contributed by atoms with E-state index in [0.29, 0.717) is 25.4 Å². The zero-order valence-corrected chi connectivity index (χ0v) is 22.4. The van der Waals surface area contributed by atoms with Crippen LogP contribution >= 0.6 is 0 Å². The van der Waals surface area contributed by atoms with E-state index in [-0.39, 0.29) is 29.4 Å². The van der Waals surface area contributed by atoms with Gasteiger partial charge in [-0.25, -0.2) is 22.5 Å². The first kappa shape index (κ1) is 26.6. The number of methoxy groups -OCH3 is 1. The number of hydrogen-bond donors (Lipinski definition) is 1. The standard InChI is InChI=1S/C27H29N5O6S/c1-29-24-13-10-22(26(33)28-17-20-8-11-23(37-2)12-9-20)16-25(24)39(35,36)32(27(29)34)19-31-15-14-30(38-31)18-21-6-4-3-5-7-21/h3-13,16H,14-15,17-19H2,1-2H3,(H,28,33). The van der Waals surface area contributed by atoms with Gasteiger partial charge >= 0.3 is 6.03 Å². The molecular weight excluding hydrogens is 522 g/mol. The third-order valence-corrected chi connectivity index (χ3v) is 8.32. The van der Waals surface area contributed by atoms with Gasteiger partial charge in [-0.05, 0) is 41.5 Å². The highest BCUT2D eigenvalue weighted by molar-refractivity contribution is 7.90. The van der Waals surface area contributed by atoms with Crippen molar-refractivity contribution >= 4 is 27.6 Å². The number of hydrogen-bond acceptors (Lipinski definition) is 8. The van der Waals surface area contributed by atoms with Gasteiger partial charge in [-0.3, -0.25) is 9.69 Å². The summed E-state index contributed by atoms with van der Waals surface area (Å²) in [5.74, 6) is 0.269. The molecule has 3 amide bonds. The van der Waals surface area contributed by atoms with Gasteiger partial charge in [-0.2, -0.15) is 5.06 Å². The lowest BCUT2D eigenvalue weighted by atomic mass is 10.1. The van der Waals surface area contributed by atoms with Gasteiger partial charge in [-0.15, -0.1) is 5.06 Å². The summed E-state index contributed by atoms with van der Waals surface area (Å²) in [5, 5.41) is 5.94. The smallest absolute Gasteiger partial charge is 0.339 e.